The summed E-state index contributed by atoms with van der Waals surface area (Å²) in [7, 11) is 2.14. The SMILES string of the molecule is CCc1nc(Nc2ccc(Cc3ccccc3)c(C)n2)nc(N2CCN(C)CC2)n1. The van der Waals surface area contributed by atoms with E-state index in [1.165, 1.54) is 11.1 Å². The number of aryl methyl sites for hydroxylation is 2. The smallest absolute Gasteiger partial charge is 0.233 e. The lowest BCUT2D eigenvalue weighted by Gasteiger charge is -2.32. The van der Waals surface area contributed by atoms with Crippen molar-refractivity contribution in [2.75, 3.05) is 43.4 Å². The molecule has 156 valence electrons. The average molecular weight is 404 g/mol. The van der Waals surface area contributed by atoms with Gasteiger partial charge in [-0.25, -0.2) is 4.98 Å². The van der Waals surface area contributed by atoms with Gasteiger partial charge in [0.15, 0.2) is 0 Å². The third kappa shape index (κ3) is 4.91. The van der Waals surface area contributed by atoms with Crippen LogP contribution in [0.1, 0.15) is 29.6 Å². The normalized spacial score (nSPS) is 14.7. The molecule has 0 unspecified atom stereocenters. The van der Waals surface area contributed by atoms with Crippen molar-refractivity contribution in [3.05, 3.63) is 65.1 Å². The Kier molecular flexibility index (Phi) is 6.18. The predicted octanol–water partition coefficient (Wildman–Crippen LogP) is 3.22. The van der Waals surface area contributed by atoms with Gasteiger partial charge in [0, 0.05) is 38.3 Å². The number of pyridine rings is 1. The van der Waals surface area contributed by atoms with Gasteiger partial charge in [-0.1, -0.05) is 43.3 Å². The van der Waals surface area contributed by atoms with Gasteiger partial charge in [0.1, 0.15) is 11.6 Å². The van der Waals surface area contributed by atoms with Gasteiger partial charge in [0.25, 0.3) is 0 Å². The van der Waals surface area contributed by atoms with E-state index in [9.17, 15) is 0 Å². The van der Waals surface area contributed by atoms with Crippen molar-refractivity contribution >= 4 is 17.7 Å². The molecule has 0 radical (unpaired) electrons. The number of anilines is 3. The summed E-state index contributed by atoms with van der Waals surface area (Å²) in [5.41, 5.74) is 3.51. The van der Waals surface area contributed by atoms with Crippen LogP contribution < -0.4 is 10.2 Å². The van der Waals surface area contributed by atoms with Gasteiger partial charge < -0.3 is 15.1 Å². The summed E-state index contributed by atoms with van der Waals surface area (Å²) in [5.74, 6) is 2.84. The Balaban J connectivity index is 1.52. The molecule has 0 saturated carbocycles. The fraction of sp³-hybridized carbons (Fsp3) is 0.391. The van der Waals surface area contributed by atoms with E-state index in [1.807, 2.05) is 19.1 Å². The van der Waals surface area contributed by atoms with Crippen LogP contribution in [0.15, 0.2) is 42.5 Å². The third-order valence-electron chi connectivity index (χ3n) is 5.44. The number of piperazine rings is 1. The van der Waals surface area contributed by atoms with E-state index in [2.05, 4.69) is 74.4 Å². The van der Waals surface area contributed by atoms with Crippen LogP contribution in [-0.2, 0) is 12.8 Å². The summed E-state index contributed by atoms with van der Waals surface area (Å²) in [5, 5.41) is 3.29. The molecule has 1 N–H and O–H groups in total. The van der Waals surface area contributed by atoms with Crippen LogP contribution in [0, 0.1) is 6.92 Å². The highest BCUT2D eigenvalue weighted by Crippen LogP contribution is 2.19. The molecule has 0 atom stereocenters. The van der Waals surface area contributed by atoms with Crippen LogP contribution in [0.2, 0.25) is 0 Å². The highest BCUT2D eigenvalue weighted by atomic mass is 15.3. The second kappa shape index (κ2) is 9.17. The number of likely N-dealkylation sites (N-methyl/N-ethyl adjacent to an activating group) is 1. The first-order chi connectivity index (χ1) is 14.6. The zero-order valence-electron chi connectivity index (χ0n) is 18.0. The quantitative estimate of drug-likeness (QED) is 0.678. The lowest BCUT2D eigenvalue weighted by atomic mass is 10.0. The van der Waals surface area contributed by atoms with E-state index >= 15 is 0 Å². The molecule has 4 rings (SSSR count). The van der Waals surface area contributed by atoms with Gasteiger partial charge >= 0.3 is 0 Å². The van der Waals surface area contributed by atoms with Gasteiger partial charge in [-0.05, 0) is 37.6 Å². The van der Waals surface area contributed by atoms with Crippen LogP contribution in [0.25, 0.3) is 0 Å². The number of hydrogen-bond donors (Lipinski definition) is 1. The third-order valence-corrected chi connectivity index (χ3v) is 5.44. The largest absolute Gasteiger partial charge is 0.338 e. The van der Waals surface area contributed by atoms with Crippen molar-refractivity contribution < 1.29 is 0 Å². The minimum Gasteiger partial charge on any atom is -0.338 e. The summed E-state index contributed by atoms with van der Waals surface area (Å²) in [6.45, 7) is 7.99. The van der Waals surface area contributed by atoms with E-state index in [1.54, 1.807) is 0 Å². The first-order valence-electron chi connectivity index (χ1n) is 10.6. The monoisotopic (exact) mass is 403 g/mol. The average Bonchev–Trinajstić information content (AvgIpc) is 2.76. The van der Waals surface area contributed by atoms with E-state index in [-0.39, 0.29) is 0 Å². The highest BCUT2D eigenvalue weighted by Gasteiger charge is 2.18. The van der Waals surface area contributed by atoms with Crippen molar-refractivity contribution in [3.63, 3.8) is 0 Å². The van der Waals surface area contributed by atoms with Crippen LogP contribution in [0.3, 0.4) is 0 Å². The predicted molar refractivity (Wildman–Crippen MR) is 120 cm³/mol. The maximum atomic E-state index is 4.74. The maximum Gasteiger partial charge on any atom is 0.233 e. The molecule has 0 spiro atoms. The number of nitrogens with zero attached hydrogens (tertiary/aromatic N) is 6. The van der Waals surface area contributed by atoms with Crippen LogP contribution in [0.4, 0.5) is 17.7 Å². The van der Waals surface area contributed by atoms with Gasteiger partial charge in [-0.2, -0.15) is 15.0 Å². The Labute approximate surface area is 178 Å². The van der Waals surface area contributed by atoms with Gasteiger partial charge in [0.2, 0.25) is 11.9 Å². The van der Waals surface area contributed by atoms with Crippen LogP contribution >= 0.6 is 0 Å². The van der Waals surface area contributed by atoms with Gasteiger partial charge in [-0.3, -0.25) is 0 Å². The molecule has 7 nitrogen and oxygen atoms in total. The molecule has 0 aliphatic carbocycles. The molecular weight excluding hydrogens is 374 g/mol. The second-order valence-corrected chi connectivity index (χ2v) is 7.75. The summed E-state index contributed by atoms with van der Waals surface area (Å²) >= 11 is 0. The first-order valence-corrected chi connectivity index (χ1v) is 10.6. The Hall–Kier alpha value is -3.06. The zero-order chi connectivity index (χ0) is 20.9. The van der Waals surface area contributed by atoms with E-state index < -0.39 is 0 Å². The summed E-state index contributed by atoms with van der Waals surface area (Å²) in [6.07, 6.45) is 1.64. The summed E-state index contributed by atoms with van der Waals surface area (Å²) in [4.78, 5) is 23.2. The zero-order valence-corrected chi connectivity index (χ0v) is 18.0. The lowest BCUT2D eigenvalue weighted by molar-refractivity contribution is 0.311. The van der Waals surface area contributed by atoms with Crippen LogP contribution in [0.5, 0.6) is 0 Å². The minimum absolute atomic E-state index is 0.554. The van der Waals surface area contributed by atoms with Crippen molar-refractivity contribution in [1.29, 1.82) is 0 Å². The molecule has 1 aromatic carbocycles. The molecule has 1 aliphatic heterocycles. The number of aromatic nitrogens is 4. The Bertz CT molecular complexity index is 982. The highest BCUT2D eigenvalue weighted by molar-refractivity contribution is 5.51. The standard InChI is InChI=1S/C23H29N7/c1-4-20-25-22(28-23(27-20)30-14-12-29(3)13-15-30)26-21-11-10-19(17(2)24-21)16-18-8-6-5-7-9-18/h5-11H,4,12-16H2,1-3H3,(H,24,25,26,27,28). The number of rotatable bonds is 6. The van der Waals surface area contributed by atoms with Crippen LogP contribution in [-0.4, -0.2) is 58.1 Å². The van der Waals surface area contributed by atoms with Crippen molar-refractivity contribution in [1.82, 2.24) is 24.8 Å². The molecule has 30 heavy (non-hydrogen) atoms. The lowest BCUT2D eigenvalue weighted by Crippen LogP contribution is -2.45. The van der Waals surface area contributed by atoms with Gasteiger partial charge in [-0.15, -0.1) is 0 Å². The van der Waals surface area contributed by atoms with E-state index in [0.717, 1.165) is 62.3 Å². The molecule has 0 amide bonds. The topological polar surface area (TPSA) is 70.1 Å². The molecular formula is C23H29N7. The maximum absolute atomic E-state index is 4.74. The minimum atomic E-state index is 0.554. The van der Waals surface area contributed by atoms with Crippen molar-refractivity contribution in [2.24, 2.45) is 0 Å². The Morgan fingerprint density at radius 1 is 0.900 bits per heavy atom. The van der Waals surface area contributed by atoms with E-state index in [4.69, 9.17) is 4.98 Å². The molecule has 1 saturated heterocycles. The molecule has 1 aliphatic rings. The Morgan fingerprint density at radius 2 is 1.67 bits per heavy atom. The summed E-state index contributed by atoms with van der Waals surface area (Å²) < 4.78 is 0. The molecule has 7 heteroatoms. The number of nitrogens with one attached hydrogen (secondary N) is 1. The van der Waals surface area contributed by atoms with E-state index in [0.29, 0.717) is 5.95 Å². The second-order valence-electron chi connectivity index (χ2n) is 7.75. The fourth-order valence-corrected chi connectivity index (χ4v) is 3.55. The molecule has 2 aromatic heterocycles. The van der Waals surface area contributed by atoms with Crippen molar-refractivity contribution in [2.45, 2.75) is 26.7 Å². The number of hydrogen-bond acceptors (Lipinski definition) is 7. The first kappa shape index (κ1) is 20.2. The fourth-order valence-electron chi connectivity index (χ4n) is 3.55. The summed E-state index contributed by atoms with van der Waals surface area (Å²) in [6, 6.07) is 14.6. The molecule has 0 bridgehead atoms. The molecule has 3 heterocycles. The Morgan fingerprint density at radius 3 is 2.37 bits per heavy atom. The molecule has 3 aromatic rings. The van der Waals surface area contributed by atoms with Gasteiger partial charge in [0.05, 0.1) is 0 Å². The van der Waals surface area contributed by atoms with Crippen molar-refractivity contribution in [3.8, 4) is 0 Å². The molecule has 1 fully saturated rings. The number of benzene rings is 1.